The predicted molar refractivity (Wildman–Crippen MR) is 166 cm³/mol. The lowest BCUT2D eigenvalue weighted by atomic mass is 9.97. The molecule has 3 aliphatic rings. The highest BCUT2D eigenvalue weighted by Gasteiger charge is 2.52. The molecule has 3 aromatic carbocycles. The summed E-state index contributed by atoms with van der Waals surface area (Å²) >= 11 is 1.50. The maximum atomic E-state index is 13.7. The molecule has 1 unspecified atom stereocenters. The van der Waals surface area contributed by atoms with Crippen LogP contribution in [0.4, 0.5) is 4.79 Å². The average molecular weight is 620 g/mol. The van der Waals surface area contributed by atoms with Gasteiger partial charge in [0.1, 0.15) is 12.6 Å². The van der Waals surface area contributed by atoms with Gasteiger partial charge in [-0.05, 0) is 48.1 Å². The van der Waals surface area contributed by atoms with E-state index < -0.39 is 34.9 Å². The Morgan fingerprint density at radius 2 is 1.57 bits per heavy atom. The molecule has 6 rings (SSSR count). The summed E-state index contributed by atoms with van der Waals surface area (Å²) in [5.74, 6) is -0.544. The smallest absolute Gasteiger partial charge is 0.407 e. The van der Waals surface area contributed by atoms with Crippen molar-refractivity contribution in [3.8, 4) is 11.1 Å². The lowest BCUT2D eigenvalue weighted by Gasteiger charge is -2.33. The normalized spacial score (nSPS) is 20.3. The quantitative estimate of drug-likeness (QED) is 0.316. The first-order valence-corrected chi connectivity index (χ1v) is 17.2. The number of nitrogens with one attached hydrogen (secondary N) is 1. The Bertz CT molecular complexity index is 1500. The van der Waals surface area contributed by atoms with Crippen LogP contribution in [-0.4, -0.2) is 67.8 Å². The molecule has 0 radical (unpaired) electrons. The van der Waals surface area contributed by atoms with E-state index in [0.717, 1.165) is 43.9 Å². The van der Waals surface area contributed by atoms with Crippen LogP contribution in [0.5, 0.6) is 0 Å². The lowest BCUT2D eigenvalue weighted by Crippen LogP contribution is -2.57. The fraction of sp³-hybridized carbons (Fsp3) is 0.323. The second-order valence-corrected chi connectivity index (χ2v) is 15.3. The molecule has 0 aromatic heterocycles. The summed E-state index contributed by atoms with van der Waals surface area (Å²) in [7, 11) is 1.79. The van der Waals surface area contributed by atoms with E-state index in [0.29, 0.717) is 0 Å². The maximum Gasteiger partial charge on any atom is 0.407 e. The van der Waals surface area contributed by atoms with Crippen LogP contribution in [0.2, 0.25) is 0 Å². The summed E-state index contributed by atoms with van der Waals surface area (Å²) in [6, 6.07) is 23.9. The van der Waals surface area contributed by atoms with E-state index in [-0.39, 0.29) is 30.7 Å². The van der Waals surface area contributed by atoms with Gasteiger partial charge in [-0.25, -0.2) is 9.24 Å². The minimum atomic E-state index is -1.57. The van der Waals surface area contributed by atoms with Crippen molar-refractivity contribution in [3.63, 3.8) is 0 Å². The Hall–Kier alpha value is -3.22. The number of nitrogens with zero attached hydrogens (tertiary/aromatic N) is 2. The van der Waals surface area contributed by atoms with E-state index in [1.807, 2.05) is 80.6 Å². The van der Waals surface area contributed by atoms with E-state index >= 15 is 0 Å². The predicted octanol–water partition coefficient (Wildman–Crippen LogP) is 5.66. The molecule has 2 heterocycles. The second kappa shape index (κ2) is 11.8. The van der Waals surface area contributed by atoms with Crippen LogP contribution in [0.15, 0.2) is 78.9 Å². The number of carbonyl (C=O) groups excluding carboxylic acids is 3. The number of alkyl carbamates (subject to hydrolysis) is 1. The number of hydrogen-bond acceptors (Lipinski definition) is 6. The molecule has 11 heteroatoms. The Morgan fingerprint density at radius 1 is 0.976 bits per heavy atom. The third-order valence-electron chi connectivity index (χ3n) is 8.02. The zero-order chi connectivity index (χ0) is 29.4. The van der Waals surface area contributed by atoms with Gasteiger partial charge in [-0.3, -0.25) is 9.59 Å². The van der Waals surface area contributed by atoms with Gasteiger partial charge in [0.05, 0.1) is 28.0 Å². The molecule has 0 saturated carbocycles. The number of rotatable bonds is 8. The second-order valence-electron chi connectivity index (χ2n) is 11.1. The first-order valence-electron chi connectivity index (χ1n) is 13.8. The summed E-state index contributed by atoms with van der Waals surface area (Å²) in [5.41, 5.74) is 5.29. The average Bonchev–Trinajstić information content (AvgIpc) is 3.73. The minimum Gasteiger partial charge on any atom is -0.449 e. The number of amides is 3. The molecule has 0 spiro atoms. The zero-order valence-electron chi connectivity index (χ0n) is 23.2. The molecule has 1 fully saturated rings. The number of thioether (sulfide) groups is 1. The number of benzene rings is 3. The topological polar surface area (TPSA) is 99.0 Å². The first-order chi connectivity index (χ1) is 20.2. The molecule has 3 aromatic rings. The fourth-order valence-electron chi connectivity index (χ4n) is 5.85. The summed E-state index contributed by atoms with van der Waals surface area (Å²) < 4.78 is 6.89. The molecule has 2 N–H and O–H groups in total. The van der Waals surface area contributed by atoms with Crippen LogP contribution in [-0.2, 0) is 20.7 Å². The van der Waals surface area contributed by atoms with Crippen molar-refractivity contribution in [1.82, 2.24) is 14.7 Å². The van der Waals surface area contributed by atoms with Gasteiger partial charge in [-0.1, -0.05) is 78.9 Å². The highest BCUT2D eigenvalue weighted by atomic mass is 32.2. The van der Waals surface area contributed by atoms with Crippen molar-refractivity contribution in [2.75, 3.05) is 12.5 Å². The summed E-state index contributed by atoms with van der Waals surface area (Å²) in [4.78, 5) is 41.5. The van der Waals surface area contributed by atoms with E-state index in [1.165, 1.54) is 16.7 Å². The van der Waals surface area contributed by atoms with Crippen molar-refractivity contribution >= 4 is 45.7 Å². The monoisotopic (exact) mass is 619 g/mol. The van der Waals surface area contributed by atoms with Gasteiger partial charge in [0.2, 0.25) is 0 Å². The number of hydrogen-bond donors (Lipinski definition) is 2. The molecule has 3 atom stereocenters. The van der Waals surface area contributed by atoms with Crippen molar-refractivity contribution in [1.29, 1.82) is 0 Å². The van der Waals surface area contributed by atoms with E-state index in [1.54, 1.807) is 4.44 Å². The lowest BCUT2D eigenvalue weighted by molar-refractivity contribution is -0.147. The van der Waals surface area contributed by atoms with Crippen LogP contribution >= 0.6 is 27.8 Å². The first kappa shape index (κ1) is 28.9. The molecular formula is C31H31N3O5P2S. The van der Waals surface area contributed by atoms with Crippen molar-refractivity contribution in [2.24, 2.45) is 0 Å². The summed E-state index contributed by atoms with van der Waals surface area (Å²) in [5, 5.41) is 14.2. The van der Waals surface area contributed by atoms with Gasteiger partial charge in [0, 0.05) is 10.7 Å². The van der Waals surface area contributed by atoms with E-state index in [2.05, 4.69) is 17.4 Å². The van der Waals surface area contributed by atoms with Crippen LogP contribution in [0.1, 0.15) is 36.5 Å². The number of carbonyl (C=O) groups is 3. The van der Waals surface area contributed by atoms with Crippen LogP contribution in [0.3, 0.4) is 0 Å². The Labute approximate surface area is 252 Å². The number of aliphatic hydroxyl groups is 1. The molecule has 1 aliphatic carbocycles. The fourth-order valence-corrected chi connectivity index (χ4v) is 8.06. The minimum absolute atomic E-state index is 0.115. The van der Waals surface area contributed by atoms with Crippen molar-refractivity contribution < 1.29 is 24.2 Å². The van der Waals surface area contributed by atoms with Gasteiger partial charge in [0.25, 0.3) is 11.8 Å². The number of fused-ring (bicyclic) bond motifs is 3. The Balaban J connectivity index is 1.18. The van der Waals surface area contributed by atoms with Gasteiger partial charge in [-0.15, -0.1) is 11.8 Å². The van der Waals surface area contributed by atoms with Crippen molar-refractivity contribution in [2.45, 2.75) is 49.1 Å². The third-order valence-corrected chi connectivity index (χ3v) is 11.2. The SMILES string of the molecule is CC1(C)SCN(C(=O)[C@@H](O)[C@H](Cc2ccccc2)NC(=O)OCC2c3ccccc3-c3ccccc32)C1C(=O)N1P=P1. The molecule has 42 heavy (non-hydrogen) atoms. The molecule has 0 bridgehead atoms. The van der Waals surface area contributed by atoms with E-state index in [4.69, 9.17) is 4.74 Å². The van der Waals surface area contributed by atoms with Crippen LogP contribution < -0.4 is 5.32 Å². The third kappa shape index (κ3) is 5.71. The summed E-state index contributed by atoms with van der Waals surface area (Å²) in [6.07, 6.45) is -2.07. The molecule has 8 nitrogen and oxygen atoms in total. The van der Waals surface area contributed by atoms with E-state index in [9.17, 15) is 19.5 Å². The highest BCUT2D eigenvalue weighted by Crippen LogP contribution is 2.50. The maximum absolute atomic E-state index is 13.7. The molecule has 216 valence electrons. The largest absolute Gasteiger partial charge is 0.449 e. The Kier molecular flexibility index (Phi) is 8.12. The standard InChI is InChI=1S/C31H31N3O5P2S/c1-31(2)27(29(37)34-40-41-34)33(18-42-31)28(36)26(35)25(16-19-10-4-3-5-11-19)32-30(38)39-17-24-22-14-8-6-12-20(22)21-13-7-9-15-23(21)24/h3-15,24-27,35H,16-18H2,1-2H3,(H,32,38)/t25-,26-,27?/m0/s1. The molecule has 1 saturated heterocycles. The van der Waals surface area contributed by atoms with Crippen LogP contribution in [0, 0.1) is 0 Å². The summed E-state index contributed by atoms with van der Waals surface area (Å²) in [6.45, 7) is 3.99. The Morgan fingerprint density at radius 3 is 2.19 bits per heavy atom. The zero-order valence-corrected chi connectivity index (χ0v) is 25.8. The molecule has 2 aliphatic heterocycles. The highest BCUT2D eigenvalue weighted by molar-refractivity contribution is 8.01. The molecular weight excluding hydrogens is 588 g/mol. The van der Waals surface area contributed by atoms with Crippen molar-refractivity contribution in [3.05, 3.63) is 95.6 Å². The van der Waals surface area contributed by atoms with Gasteiger partial charge < -0.3 is 20.1 Å². The number of ether oxygens (including phenoxy) is 1. The molecule has 3 amide bonds. The van der Waals surface area contributed by atoms with Gasteiger partial charge in [0.15, 0.2) is 6.10 Å². The number of aliphatic hydroxyl groups excluding tert-OH is 1. The van der Waals surface area contributed by atoms with Crippen LogP contribution in [0.25, 0.3) is 11.1 Å². The van der Waals surface area contributed by atoms with Gasteiger partial charge >= 0.3 is 6.09 Å². The van der Waals surface area contributed by atoms with Gasteiger partial charge in [-0.2, -0.15) is 0 Å².